The molecule has 1 aromatic rings. The first-order valence-corrected chi connectivity index (χ1v) is 7.43. The summed E-state index contributed by atoms with van der Waals surface area (Å²) < 4.78 is 0. The van der Waals surface area contributed by atoms with Gasteiger partial charge in [-0.25, -0.2) is 9.79 Å². The van der Waals surface area contributed by atoms with Crippen LogP contribution in [-0.4, -0.2) is 22.0 Å². The van der Waals surface area contributed by atoms with Crippen LogP contribution < -0.4 is 5.32 Å². The number of terminal acetylenes is 1. The third kappa shape index (κ3) is 3.29. The van der Waals surface area contributed by atoms with Crippen LogP contribution in [0.4, 0.5) is 0 Å². The number of carboxylic acid groups (broad SMARTS) is 1. The number of carbonyl (C=O) groups is 1. The molecule has 0 saturated heterocycles. The minimum absolute atomic E-state index is 0.273. The van der Waals surface area contributed by atoms with Crippen LogP contribution in [0.15, 0.2) is 40.5 Å². The zero-order chi connectivity index (χ0) is 15.4. The molecule has 0 aromatic heterocycles. The fraction of sp³-hybridized carbons (Fsp3) is 0.250. The summed E-state index contributed by atoms with van der Waals surface area (Å²) in [6, 6.07) is 7.17. The number of benzene rings is 1. The van der Waals surface area contributed by atoms with Gasteiger partial charge in [0.1, 0.15) is 6.04 Å². The van der Waals surface area contributed by atoms with Crippen LogP contribution in [0.1, 0.15) is 24.1 Å². The summed E-state index contributed by atoms with van der Waals surface area (Å²) in [7, 11) is 0. The van der Waals surface area contributed by atoms with Gasteiger partial charge in [0, 0.05) is 5.70 Å². The quantitative estimate of drug-likeness (QED) is 0.843. The van der Waals surface area contributed by atoms with E-state index in [9.17, 15) is 9.90 Å². The molecule has 21 heavy (non-hydrogen) atoms. The van der Waals surface area contributed by atoms with E-state index < -0.39 is 12.0 Å². The smallest absolute Gasteiger partial charge is 0.335 e. The van der Waals surface area contributed by atoms with Crippen molar-refractivity contribution < 1.29 is 9.90 Å². The second kappa shape index (κ2) is 6.51. The predicted molar refractivity (Wildman–Crippen MR) is 86.1 cm³/mol. The number of aryl methyl sites for hydroxylation is 1. The second-order valence-electron chi connectivity index (χ2n) is 4.66. The normalized spacial score (nSPS) is 17.8. The molecule has 0 spiro atoms. The van der Waals surface area contributed by atoms with Crippen LogP contribution in [0.25, 0.3) is 0 Å². The Hall–Kier alpha value is -2.19. The summed E-state index contributed by atoms with van der Waals surface area (Å²) in [5.74, 6) is 2.07. The molecular formula is C16H16N2O2S. The van der Waals surface area contributed by atoms with Crippen molar-refractivity contribution >= 4 is 22.9 Å². The van der Waals surface area contributed by atoms with Crippen LogP contribution >= 0.6 is 11.8 Å². The van der Waals surface area contributed by atoms with Crippen LogP contribution in [0.3, 0.4) is 0 Å². The molecule has 0 saturated carbocycles. The van der Waals surface area contributed by atoms with Crippen LogP contribution in [-0.2, 0) is 4.79 Å². The maximum absolute atomic E-state index is 11.6. The van der Waals surface area contributed by atoms with Gasteiger partial charge in [-0.05, 0) is 25.0 Å². The Bertz CT molecular complexity index is 671. The van der Waals surface area contributed by atoms with Gasteiger partial charge in [-0.15, -0.1) is 6.42 Å². The fourth-order valence-electron chi connectivity index (χ4n) is 2.23. The molecule has 2 rings (SSSR count). The van der Waals surface area contributed by atoms with Crippen molar-refractivity contribution in [1.29, 1.82) is 0 Å². The minimum atomic E-state index is -0.960. The topological polar surface area (TPSA) is 61.7 Å². The molecular weight excluding hydrogens is 284 g/mol. The van der Waals surface area contributed by atoms with Crippen LogP contribution in [0.2, 0.25) is 0 Å². The average Bonchev–Trinajstić information content (AvgIpc) is 2.44. The minimum Gasteiger partial charge on any atom is -0.478 e. The zero-order valence-electron chi connectivity index (χ0n) is 11.9. The van der Waals surface area contributed by atoms with Gasteiger partial charge in [-0.1, -0.05) is 41.9 Å². The lowest BCUT2D eigenvalue weighted by atomic mass is 9.93. The van der Waals surface area contributed by atoms with E-state index in [0.717, 1.165) is 11.1 Å². The first-order chi connectivity index (χ1) is 10.0. The number of nitrogens with one attached hydrogen (secondary N) is 1. The molecule has 2 N–H and O–H groups in total. The Morgan fingerprint density at radius 2 is 2.19 bits per heavy atom. The van der Waals surface area contributed by atoms with Gasteiger partial charge in [0.2, 0.25) is 0 Å². The van der Waals surface area contributed by atoms with E-state index in [1.54, 1.807) is 6.92 Å². The largest absolute Gasteiger partial charge is 0.478 e. The molecule has 1 heterocycles. The van der Waals surface area contributed by atoms with E-state index >= 15 is 0 Å². The molecule has 0 bridgehead atoms. The molecule has 4 nitrogen and oxygen atoms in total. The molecule has 5 heteroatoms. The van der Waals surface area contributed by atoms with Gasteiger partial charge in [-0.2, -0.15) is 0 Å². The average molecular weight is 300 g/mol. The van der Waals surface area contributed by atoms with Gasteiger partial charge >= 0.3 is 5.97 Å². The maximum atomic E-state index is 11.6. The number of aliphatic carboxylic acids is 1. The molecule has 1 aromatic carbocycles. The van der Waals surface area contributed by atoms with Crippen LogP contribution in [0, 0.1) is 19.3 Å². The SMILES string of the molecule is C#CCSC1=NC(c2ccccc2C)C(C(=O)O)=C(C)N1. The van der Waals surface area contributed by atoms with E-state index in [2.05, 4.69) is 16.2 Å². The van der Waals surface area contributed by atoms with Crippen LogP contribution in [0.5, 0.6) is 0 Å². The Balaban J connectivity index is 2.47. The maximum Gasteiger partial charge on any atom is 0.335 e. The van der Waals surface area contributed by atoms with E-state index in [-0.39, 0.29) is 5.57 Å². The summed E-state index contributed by atoms with van der Waals surface area (Å²) in [6.45, 7) is 3.70. The van der Waals surface area contributed by atoms with E-state index in [4.69, 9.17) is 6.42 Å². The van der Waals surface area contributed by atoms with Gasteiger partial charge in [-0.3, -0.25) is 0 Å². The third-order valence-corrected chi connectivity index (χ3v) is 4.02. The summed E-state index contributed by atoms with van der Waals surface area (Å²) in [5.41, 5.74) is 2.79. The fourth-order valence-corrected chi connectivity index (χ4v) is 2.85. The molecule has 1 aliphatic heterocycles. The molecule has 108 valence electrons. The first-order valence-electron chi connectivity index (χ1n) is 6.45. The van der Waals surface area contributed by atoms with Crippen molar-refractivity contribution in [3.63, 3.8) is 0 Å². The van der Waals surface area contributed by atoms with Gasteiger partial charge in [0.25, 0.3) is 0 Å². The van der Waals surface area contributed by atoms with Crippen molar-refractivity contribution in [2.24, 2.45) is 4.99 Å². The van der Waals surface area contributed by atoms with Gasteiger partial charge in [0.15, 0.2) is 5.17 Å². The molecule has 0 aliphatic carbocycles. The molecule has 1 atom stereocenters. The van der Waals surface area contributed by atoms with Crippen molar-refractivity contribution in [3.05, 3.63) is 46.7 Å². The molecule has 0 amide bonds. The number of thioether (sulfide) groups is 1. The van der Waals surface area contributed by atoms with Crippen molar-refractivity contribution in [2.75, 3.05) is 5.75 Å². The highest BCUT2D eigenvalue weighted by atomic mass is 32.2. The van der Waals surface area contributed by atoms with E-state index in [1.165, 1.54) is 11.8 Å². The number of hydrogen-bond acceptors (Lipinski definition) is 4. The van der Waals surface area contributed by atoms with Crippen molar-refractivity contribution in [2.45, 2.75) is 19.9 Å². The standard InChI is InChI=1S/C16H16N2O2S/c1-4-9-21-16-17-11(3)13(15(19)20)14(18-16)12-8-6-5-7-10(12)2/h1,5-8,14H,9H2,2-3H3,(H,17,18)(H,19,20). The number of amidine groups is 1. The number of rotatable bonds is 3. The Labute approximate surface area is 128 Å². The third-order valence-electron chi connectivity index (χ3n) is 3.22. The lowest BCUT2D eigenvalue weighted by Gasteiger charge is -2.25. The monoisotopic (exact) mass is 300 g/mol. The Morgan fingerprint density at radius 3 is 2.81 bits per heavy atom. The highest BCUT2D eigenvalue weighted by Gasteiger charge is 2.29. The molecule has 0 radical (unpaired) electrons. The summed E-state index contributed by atoms with van der Waals surface area (Å²) in [4.78, 5) is 16.1. The van der Waals surface area contributed by atoms with Crippen molar-refractivity contribution in [1.82, 2.24) is 5.32 Å². The molecule has 1 unspecified atom stereocenters. The number of carboxylic acids is 1. The molecule has 1 aliphatic rings. The number of allylic oxidation sites excluding steroid dienone is 1. The Morgan fingerprint density at radius 1 is 1.48 bits per heavy atom. The van der Waals surface area contributed by atoms with E-state index in [0.29, 0.717) is 16.6 Å². The number of hydrogen-bond donors (Lipinski definition) is 2. The van der Waals surface area contributed by atoms with E-state index in [1.807, 2.05) is 31.2 Å². The number of aliphatic imine (C=N–C) groups is 1. The summed E-state index contributed by atoms with van der Waals surface area (Å²) >= 11 is 1.39. The highest BCUT2D eigenvalue weighted by Crippen LogP contribution is 2.33. The van der Waals surface area contributed by atoms with Gasteiger partial charge in [0.05, 0.1) is 11.3 Å². The lowest BCUT2D eigenvalue weighted by Crippen LogP contribution is -2.30. The summed E-state index contributed by atoms with van der Waals surface area (Å²) in [6.07, 6.45) is 5.27. The Kier molecular flexibility index (Phi) is 4.71. The molecule has 0 fully saturated rings. The van der Waals surface area contributed by atoms with Crippen molar-refractivity contribution in [3.8, 4) is 12.3 Å². The van der Waals surface area contributed by atoms with Gasteiger partial charge < -0.3 is 10.4 Å². The zero-order valence-corrected chi connectivity index (χ0v) is 12.7. The number of nitrogens with zero attached hydrogens (tertiary/aromatic N) is 1. The first kappa shape index (κ1) is 15.2. The summed E-state index contributed by atoms with van der Waals surface area (Å²) in [5, 5.41) is 13.2. The highest BCUT2D eigenvalue weighted by molar-refractivity contribution is 8.14. The lowest BCUT2D eigenvalue weighted by molar-refractivity contribution is -0.133. The predicted octanol–water partition coefficient (Wildman–Crippen LogP) is 2.72. The second-order valence-corrected chi connectivity index (χ2v) is 5.62.